The Kier molecular flexibility index (Phi) is 5.87. The number of carboxylic acids is 2. The number of aromatic nitrogens is 2. The summed E-state index contributed by atoms with van der Waals surface area (Å²) in [5.41, 5.74) is 6.43. The molecule has 0 fully saturated rings. The van der Waals surface area contributed by atoms with Crippen molar-refractivity contribution in [2.75, 3.05) is 17.6 Å². The molecule has 0 radical (unpaired) electrons. The van der Waals surface area contributed by atoms with Crippen LogP contribution in [0.25, 0.3) is 0 Å². The Hall–Kier alpha value is -3.41. The Morgan fingerprint density at radius 2 is 2.12 bits per heavy atom. The lowest BCUT2D eigenvalue weighted by Crippen LogP contribution is -2.41. The summed E-state index contributed by atoms with van der Waals surface area (Å²) in [6.07, 6.45) is 1.68. The van der Waals surface area contributed by atoms with Crippen LogP contribution in [0.15, 0.2) is 10.9 Å². The third-order valence-electron chi connectivity index (χ3n) is 5.84. The first-order valence-electron chi connectivity index (χ1n) is 10.2. The van der Waals surface area contributed by atoms with Gasteiger partial charge in [0.25, 0.3) is 11.5 Å². The van der Waals surface area contributed by atoms with Gasteiger partial charge in [0.1, 0.15) is 11.9 Å². The van der Waals surface area contributed by atoms with E-state index in [1.54, 1.807) is 6.07 Å². The van der Waals surface area contributed by atoms with E-state index in [2.05, 4.69) is 15.3 Å². The van der Waals surface area contributed by atoms with Crippen molar-refractivity contribution in [2.45, 2.75) is 44.7 Å². The third kappa shape index (κ3) is 4.31. The van der Waals surface area contributed by atoms with Crippen LogP contribution in [-0.2, 0) is 29.0 Å². The van der Waals surface area contributed by atoms with Crippen molar-refractivity contribution in [3.63, 3.8) is 0 Å². The summed E-state index contributed by atoms with van der Waals surface area (Å²) >= 11 is 1.47. The van der Waals surface area contributed by atoms with Crippen molar-refractivity contribution in [1.29, 1.82) is 0 Å². The smallest absolute Gasteiger partial charge is 0.326 e. The van der Waals surface area contributed by atoms with E-state index in [-0.39, 0.29) is 42.7 Å². The second-order valence-electron chi connectivity index (χ2n) is 8.04. The predicted molar refractivity (Wildman–Crippen MR) is 116 cm³/mol. The van der Waals surface area contributed by atoms with E-state index in [0.717, 1.165) is 22.6 Å². The van der Waals surface area contributed by atoms with E-state index in [9.17, 15) is 24.3 Å². The van der Waals surface area contributed by atoms with Gasteiger partial charge in [-0.2, -0.15) is 4.98 Å². The molecule has 2 atom stereocenters. The molecule has 0 saturated carbocycles. The molecule has 0 spiro atoms. The monoisotopic (exact) mass is 461 g/mol. The number of aliphatic carboxylic acids is 2. The Morgan fingerprint density at radius 3 is 2.81 bits per heavy atom. The van der Waals surface area contributed by atoms with E-state index in [0.29, 0.717) is 29.9 Å². The van der Waals surface area contributed by atoms with Gasteiger partial charge in [0.05, 0.1) is 17.7 Å². The molecule has 0 bridgehead atoms. The number of amides is 1. The number of rotatable bonds is 8. The molecule has 0 aliphatic carbocycles. The second-order valence-corrected chi connectivity index (χ2v) is 9.26. The topological polar surface area (TPSA) is 179 Å². The molecule has 2 aromatic heterocycles. The molecule has 2 aliphatic rings. The van der Waals surface area contributed by atoms with Crippen LogP contribution in [0.5, 0.6) is 0 Å². The molecular weight excluding hydrogens is 438 g/mol. The lowest BCUT2D eigenvalue weighted by molar-refractivity contribution is -0.143. The summed E-state index contributed by atoms with van der Waals surface area (Å²) in [6.45, 7) is 0.848. The van der Waals surface area contributed by atoms with Gasteiger partial charge >= 0.3 is 11.9 Å². The van der Waals surface area contributed by atoms with Crippen molar-refractivity contribution < 1.29 is 24.6 Å². The molecule has 170 valence electrons. The number of nitrogens with two attached hydrogens (primary N) is 1. The normalized spacial score (nSPS) is 18.1. The molecule has 1 unspecified atom stereocenters. The van der Waals surface area contributed by atoms with Gasteiger partial charge in [-0.05, 0) is 37.7 Å². The number of hydrogen-bond donors (Lipinski definition) is 5. The first-order chi connectivity index (χ1) is 15.2. The standard InChI is InChI=1S/C20H23N5O6S/c21-20-23-16-12(17(28)24-20)5-9(7-22-16)1-2-10-6-11-14(32-10)8-25(18(11)29)13(19(30)31)3-4-15(26)27/h6,9,13H,1-5,7-8H2,(H,26,27)(H,30,31)(H4,21,22,23,24,28)/t9?,13-/m1/s1. The van der Waals surface area contributed by atoms with E-state index in [1.807, 2.05) is 0 Å². The molecule has 0 aromatic carbocycles. The van der Waals surface area contributed by atoms with Crippen molar-refractivity contribution in [3.05, 3.63) is 37.3 Å². The minimum Gasteiger partial charge on any atom is -0.481 e. The SMILES string of the molecule is Nc1nc2c(c(=O)[nH]1)CC(CCc1cc3c(s1)CN([C@H](CCC(=O)O)C(=O)O)C3=O)CN2. The fourth-order valence-electron chi connectivity index (χ4n) is 4.21. The number of fused-ring (bicyclic) bond motifs is 2. The minimum absolute atomic E-state index is 0.0830. The number of H-pyrrole nitrogens is 1. The van der Waals surface area contributed by atoms with Gasteiger partial charge in [0.15, 0.2) is 0 Å². The minimum atomic E-state index is -1.20. The van der Waals surface area contributed by atoms with Crippen LogP contribution in [0.1, 0.15) is 44.9 Å². The molecule has 0 saturated heterocycles. The van der Waals surface area contributed by atoms with E-state index in [1.165, 1.54) is 16.2 Å². The van der Waals surface area contributed by atoms with E-state index in [4.69, 9.17) is 10.8 Å². The average molecular weight is 462 g/mol. The Morgan fingerprint density at radius 1 is 1.34 bits per heavy atom. The van der Waals surface area contributed by atoms with Crippen LogP contribution >= 0.6 is 11.3 Å². The van der Waals surface area contributed by atoms with Crippen LogP contribution in [0.4, 0.5) is 11.8 Å². The molecule has 32 heavy (non-hydrogen) atoms. The highest BCUT2D eigenvalue weighted by Crippen LogP contribution is 2.34. The summed E-state index contributed by atoms with van der Waals surface area (Å²) in [6, 6.07) is 0.647. The number of hydrogen-bond acceptors (Lipinski definition) is 8. The van der Waals surface area contributed by atoms with Crippen molar-refractivity contribution in [2.24, 2.45) is 5.92 Å². The molecule has 2 aliphatic heterocycles. The third-order valence-corrected chi connectivity index (χ3v) is 7.02. The fraction of sp³-hybridized carbons (Fsp3) is 0.450. The summed E-state index contributed by atoms with van der Waals surface area (Å²) in [5, 5.41) is 21.4. The quantitative estimate of drug-likeness (QED) is 0.382. The highest BCUT2D eigenvalue weighted by molar-refractivity contribution is 7.12. The second kappa shape index (κ2) is 8.61. The fourth-order valence-corrected chi connectivity index (χ4v) is 5.39. The molecule has 6 N–H and O–H groups in total. The molecule has 1 amide bonds. The Balaban J connectivity index is 1.38. The first kappa shape index (κ1) is 21.8. The van der Waals surface area contributed by atoms with Crippen molar-refractivity contribution >= 4 is 40.9 Å². The number of carbonyl (C=O) groups excluding carboxylic acids is 1. The molecule has 4 heterocycles. The van der Waals surface area contributed by atoms with Gasteiger partial charge in [0, 0.05) is 22.7 Å². The zero-order valence-corrected chi connectivity index (χ0v) is 17.9. The van der Waals surface area contributed by atoms with Gasteiger partial charge in [-0.1, -0.05) is 0 Å². The summed E-state index contributed by atoms with van der Waals surface area (Å²) in [4.78, 5) is 57.0. The maximum absolute atomic E-state index is 12.8. The maximum atomic E-state index is 12.8. The number of aryl methyl sites for hydroxylation is 1. The van der Waals surface area contributed by atoms with Gasteiger partial charge in [-0.25, -0.2) is 4.79 Å². The Labute approximate surface area is 186 Å². The lowest BCUT2D eigenvalue weighted by Gasteiger charge is -2.24. The highest BCUT2D eigenvalue weighted by atomic mass is 32.1. The van der Waals surface area contributed by atoms with Crippen LogP contribution in [0.2, 0.25) is 0 Å². The first-order valence-corrected chi connectivity index (χ1v) is 11.0. The van der Waals surface area contributed by atoms with Gasteiger partial charge < -0.3 is 26.2 Å². The number of nitrogen functional groups attached to an aromatic ring is 1. The Bertz CT molecular complexity index is 1140. The number of aromatic amines is 1. The van der Waals surface area contributed by atoms with Gasteiger partial charge in [0.2, 0.25) is 5.95 Å². The van der Waals surface area contributed by atoms with Crippen molar-refractivity contribution in [1.82, 2.24) is 14.9 Å². The number of anilines is 2. The zero-order valence-electron chi connectivity index (χ0n) is 17.1. The van der Waals surface area contributed by atoms with Crippen LogP contribution in [-0.4, -0.2) is 55.5 Å². The summed E-state index contributed by atoms with van der Waals surface area (Å²) in [5.74, 6) is -1.83. The predicted octanol–water partition coefficient (Wildman–Crippen LogP) is 0.904. The number of carboxylic acid groups (broad SMARTS) is 2. The number of thiophene rings is 1. The average Bonchev–Trinajstić information content (AvgIpc) is 3.25. The van der Waals surface area contributed by atoms with Crippen LogP contribution in [0.3, 0.4) is 0 Å². The van der Waals surface area contributed by atoms with Crippen LogP contribution < -0.4 is 16.6 Å². The maximum Gasteiger partial charge on any atom is 0.326 e. The zero-order chi connectivity index (χ0) is 23.0. The highest BCUT2D eigenvalue weighted by Gasteiger charge is 2.38. The number of carbonyl (C=O) groups is 3. The van der Waals surface area contributed by atoms with Gasteiger partial charge in [-0.3, -0.25) is 19.4 Å². The van der Waals surface area contributed by atoms with Crippen LogP contribution in [0, 0.1) is 5.92 Å². The molecule has 12 heteroatoms. The number of nitrogens with zero attached hydrogens (tertiary/aromatic N) is 2. The van der Waals surface area contributed by atoms with E-state index >= 15 is 0 Å². The van der Waals surface area contributed by atoms with Crippen molar-refractivity contribution in [3.8, 4) is 0 Å². The molecule has 11 nitrogen and oxygen atoms in total. The molecular formula is C20H23N5O6S. The summed E-state index contributed by atoms with van der Waals surface area (Å²) in [7, 11) is 0. The largest absolute Gasteiger partial charge is 0.481 e. The lowest BCUT2D eigenvalue weighted by atomic mass is 9.92. The number of nitrogens with one attached hydrogen (secondary N) is 2. The molecule has 2 aromatic rings. The van der Waals surface area contributed by atoms with Gasteiger partial charge in [-0.15, -0.1) is 11.3 Å². The summed E-state index contributed by atoms with van der Waals surface area (Å²) < 4.78 is 0. The van der Waals surface area contributed by atoms with E-state index < -0.39 is 18.0 Å². The molecule has 4 rings (SSSR count).